The van der Waals surface area contributed by atoms with E-state index in [-0.39, 0.29) is 25.3 Å². The van der Waals surface area contributed by atoms with Crippen LogP contribution >= 0.6 is 8.25 Å². The van der Waals surface area contributed by atoms with Crippen molar-refractivity contribution in [3.63, 3.8) is 0 Å². The van der Waals surface area contributed by atoms with E-state index in [1.165, 1.54) is 0 Å². The van der Waals surface area contributed by atoms with E-state index in [9.17, 15) is 4.57 Å². The van der Waals surface area contributed by atoms with Gasteiger partial charge in [-0.15, -0.1) is 0 Å². The third-order valence-electron chi connectivity index (χ3n) is 2.68. The highest BCUT2D eigenvalue weighted by molar-refractivity contribution is 7.33. The van der Waals surface area contributed by atoms with Gasteiger partial charge < -0.3 is 30.0 Å². The number of methoxy groups -OCH3 is 2. The van der Waals surface area contributed by atoms with E-state index in [1.54, 1.807) is 14.2 Å². The summed E-state index contributed by atoms with van der Waals surface area (Å²) < 4.78 is 31.5. The number of hydrogen-bond donors (Lipinski definition) is 2. The molecular weight excluding hydrogens is 283 g/mol. The Kier molecular flexibility index (Phi) is 13.9. The Morgan fingerprint density at radius 3 is 1.65 bits per heavy atom. The summed E-state index contributed by atoms with van der Waals surface area (Å²) in [5.41, 5.74) is 11.6. The Hall–Kier alpha value is -0.0100. The summed E-state index contributed by atoms with van der Waals surface area (Å²) in [7, 11) is 0.774. The van der Waals surface area contributed by atoms with Gasteiger partial charge in [-0.25, -0.2) is 0 Å². The minimum Gasteiger partial charge on any atom is -0.385 e. The Bertz CT molecular complexity index is 224. The van der Waals surface area contributed by atoms with Crippen LogP contribution in [0.25, 0.3) is 0 Å². The molecule has 0 rings (SSSR count). The van der Waals surface area contributed by atoms with Gasteiger partial charge in [0.05, 0.1) is 13.2 Å². The molecule has 0 fully saturated rings. The topological polar surface area (TPSA) is 106 Å². The maximum Gasteiger partial charge on any atom is 0.319 e. The molecule has 0 saturated carbocycles. The molecule has 0 spiro atoms. The third kappa shape index (κ3) is 13.0. The second kappa shape index (κ2) is 13.9. The fourth-order valence-corrected chi connectivity index (χ4v) is 2.32. The lowest BCUT2D eigenvalue weighted by molar-refractivity contribution is 0.173. The quantitative estimate of drug-likeness (QED) is 0.363. The molecule has 4 N–H and O–H groups in total. The van der Waals surface area contributed by atoms with Crippen molar-refractivity contribution in [3.05, 3.63) is 0 Å². The first-order chi connectivity index (χ1) is 9.60. The number of hydrogen-bond acceptors (Lipinski definition) is 7. The van der Waals surface area contributed by atoms with E-state index in [0.717, 1.165) is 25.7 Å². The predicted octanol–water partition coefficient (Wildman–Crippen LogP) is 0.917. The van der Waals surface area contributed by atoms with Crippen LogP contribution in [-0.4, -0.2) is 52.7 Å². The summed E-state index contributed by atoms with van der Waals surface area (Å²) in [4.78, 5) is 0. The molecule has 0 aromatic rings. The zero-order chi connectivity index (χ0) is 15.2. The van der Waals surface area contributed by atoms with Crippen LogP contribution in [0.2, 0.25) is 0 Å². The average molecular weight is 312 g/mol. The molecule has 0 amide bonds. The lowest BCUT2D eigenvalue weighted by Gasteiger charge is -2.14. The van der Waals surface area contributed by atoms with E-state index in [4.69, 9.17) is 30.0 Å². The smallest absolute Gasteiger partial charge is 0.319 e. The summed E-state index contributed by atoms with van der Waals surface area (Å²) in [6.07, 6.45) is 3.24. The Labute approximate surface area is 122 Å². The highest BCUT2D eigenvalue weighted by Crippen LogP contribution is 2.24. The maximum absolute atomic E-state index is 11.5. The van der Waals surface area contributed by atoms with Gasteiger partial charge in [-0.2, -0.15) is 0 Å². The first-order valence-corrected chi connectivity index (χ1v) is 8.11. The molecule has 0 radical (unpaired) electrons. The van der Waals surface area contributed by atoms with Gasteiger partial charge in [-0.3, -0.25) is 4.57 Å². The van der Waals surface area contributed by atoms with Crippen LogP contribution in [0.15, 0.2) is 0 Å². The minimum atomic E-state index is -2.51. The molecular formula is C12H29N2O5P. The number of ether oxygens (including phenoxy) is 2. The van der Waals surface area contributed by atoms with E-state index >= 15 is 0 Å². The molecule has 0 saturated heterocycles. The molecule has 0 aliphatic carbocycles. The third-order valence-corrected chi connectivity index (χ3v) is 3.48. The van der Waals surface area contributed by atoms with Crippen molar-refractivity contribution in [2.24, 2.45) is 11.5 Å². The SMILES string of the molecule is COCCCC(N)CO[PH](=O)OCC(N)CCCOC. The van der Waals surface area contributed by atoms with Gasteiger partial charge in [-0.1, -0.05) is 0 Å². The molecule has 0 aromatic heterocycles. The molecule has 2 atom stereocenters. The number of nitrogens with two attached hydrogens (primary N) is 2. The summed E-state index contributed by atoms with van der Waals surface area (Å²) in [5.74, 6) is 0. The summed E-state index contributed by atoms with van der Waals surface area (Å²) in [5, 5.41) is 0. The molecule has 0 aliphatic rings. The average Bonchev–Trinajstić information content (AvgIpc) is 2.43. The number of rotatable bonds is 14. The van der Waals surface area contributed by atoms with Gasteiger partial charge in [0.1, 0.15) is 0 Å². The first-order valence-electron chi connectivity index (χ1n) is 6.88. The molecule has 20 heavy (non-hydrogen) atoms. The monoisotopic (exact) mass is 312 g/mol. The molecule has 0 aliphatic heterocycles. The molecule has 122 valence electrons. The second-order valence-corrected chi connectivity index (χ2v) is 5.74. The lowest BCUT2D eigenvalue weighted by atomic mass is 10.2. The van der Waals surface area contributed by atoms with Gasteiger partial charge in [0, 0.05) is 39.5 Å². The summed E-state index contributed by atoms with van der Waals surface area (Å²) >= 11 is 0. The highest BCUT2D eigenvalue weighted by atomic mass is 31.1. The normalized spacial score (nSPS) is 16.0. The van der Waals surface area contributed by atoms with Crippen LogP contribution < -0.4 is 11.5 Å². The minimum absolute atomic E-state index is 0.155. The van der Waals surface area contributed by atoms with E-state index in [2.05, 4.69) is 0 Å². The van der Waals surface area contributed by atoms with Crippen molar-refractivity contribution < 1.29 is 23.1 Å². The van der Waals surface area contributed by atoms with E-state index in [1.807, 2.05) is 0 Å². The fourth-order valence-electron chi connectivity index (χ4n) is 1.54. The van der Waals surface area contributed by atoms with Crippen LogP contribution in [0, 0.1) is 0 Å². The van der Waals surface area contributed by atoms with Gasteiger partial charge in [0.25, 0.3) is 0 Å². The highest BCUT2D eigenvalue weighted by Gasteiger charge is 2.09. The van der Waals surface area contributed by atoms with Crippen LogP contribution in [0.5, 0.6) is 0 Å². The van der Waals surface area contributed by atoms with Crippen LogP contribution in [0.1, 0.15) is 25.7 Å². The zero-order valence-electron chi connectivity index (χ0n) is 12.5. The van der Waals surface area contributed by atoms with E-state index in [0.29, 0.717) is 13.2 Å². The predicted molar refractivity (Wildman–Crippen MR) is 79.1 cm³/mol. The van der Waals surface area contributed by atoms with Gasteiger partial charge in [0.2, 0.25) is 0 Å². The van der Waals surface area contributed by atoms with Gasteiger partial charge >= 0.3 is 8.25 Å². The van der Waals surface area contributed by atoms with Crippen LogP contribution in [0.3, 0.4) is 0 Å². The molecule has 0 bridgehead atoms. The summed E-state index contributed by atoms with van der Waals surface area (Å²) in [6, 6.07) is -0.309. The Balaban J connectivity index is 3.52. The fraction of sp³-hybridized carbons (Fsp3) is 1.00. The molecule has 8 heteroatoms. The Morgan fingerprint density at radius 2 is 1.30 bits per heavy atom. The molecule has 2 unspecified atom stereocenters. The zero-order valence-corrected chi connectivity index (χ0v) is 13.5. The van der Waals surface area contributed by atoms with Crippen molar-refractivity contribution >= 4 is 8.25 Å². The van der Waals surface area contributed by atoms with Gasteiger partial charge in [-0.05, 0) is 25.7 Å². The first kappa shape index (κ1) is 20.0. The Morgan fingerprint density at radius 1 is 0.900 bits per heavy atom. The van der Waals surface area contributed by atoms with Gasteiger partial charge in [0.15, 0.2) is 0 Å². The van der Waals surface area contributed by atoms with Crippen LogP contribution in [0.4, 0.5) is 0 Å². The van der Waals surface area contributed by atoms with Crippen molar-refractivity contribution in [1.82, 2.24) is 0 Å². The largest absolute Gasteiger partial charge is 0.385 e. The molecule has 7 nitrogen and oxygen atoms in total. The second-order valence-electron chi connectivity index (χ2n) is 4.66. The van der Waals surface area contributed by atoms with Crippen molar-refractivity contribution in [3.8, 4) is 0 Å². The van der Waals surface area contributed by atoms with Crippen molar-refractivity contribution in [1.29, 1.82) is 0 Å². The standard InChI is InChI=1S/C12H29N2O5P/c1-16-7-3-5-11(13)9-18-20(15)19-10-12(14)6-4-8-17-2/h11-12,20H,3-10,13-14H2,1-2H3. The van der Waals surface area contributed by atoms with Crippen LogP contribution in [-0.2, 0) is 23.1 Å². The van der Waals surface area contributed by atoms with Crippen molar-refractivity contribution in [2.45, 2.75) is 37.8 Å². The van der Waals surface area contributed by atoms with Crippen molar-refractivity contribution in [2.75, 3.05) is 40.6 Å². The molecule has 0 aromatic carbocycles. The lowest BCUT2D eigenvalue weighted by Crippen LogP contribution is -2.27. The maximum atomic E-state index is 11.5. The molecule has 0 heterocycles. The van der Waals surface area contributed by atoms with E-state index < -0.39 is 8.25 Å². The summed E-state index contributed by atoms with van der Waals surface area (Å²) in [6.45, 7) is 1.77.